The van der Waals surface area contributed by atoms with Crippen molar-refractivity contribution in [1.82, 2.24) is 14.9 Å². The summed E-state index contributed by atoms with van der Waals surface area (Å²) in [7, 11) is 3.29. The number of hydrogen-bond donors (Lipinski definition) is 2. The van der Waals surface area contributed by atoms with E-state index in [-0.39, 0.29) is 23.2 Å². The Labute approximate surface area is 225 Å². The molecule has 12 heteroatoms. The lowest BCUT2D eigenvalue weighted by atomic mass is 10.0. The highest BCUT2D eigenvalue weighted by atomic mass is 32.1. The van der Waals surface area contributed by atoms with Crippen molar-refractivity contribution in [2.75, 3.05) is 24.7 Å². The van der Waals surface area contributed by atoms with Gasteiger partial charge in [-0.25, -0.2) is 18.7 Å². The predicted molar refractivity (Wildman–Crippen MR) is 142 cm³/mol. The molecule has 0 saturated heterocycles. The SMILES string of the molecule is Cc1c(C(=O)N(C)C)sc2ncnc(Oc3ccc(NC(=O)C4(C(=O)Nc5ccc(F)cc5)CC4)cc3F)c12. The number of hydrogen-bond acceptors (Lipinski definition) is 7. The summed E-state index contributed by atoms with van der Waals surface area (Å²) in [6.07, 6.45) is 1.94. The van der Waals surface area contributed by atoms with Crippen LogP contribution in [0.1, 0.15) is 28.1 Å². The molecule has 0 unspecified atom stereocenters. The number of rotatable bonds is 7. The van der Waals surface area contributed by atoms with E-state index in [1.807, 2.05) is 0 Å². The van der Waals surface area contributed by atoms with Gasteiger partial charge in [0.05, 0.1) is 10.3 Å². The molecule has 2 N–H and O–H groups in total. The van der Waals surface area contributed by atoms with Crippen LogP contribution in [0.15, 0.2) is 48.8 Å². The molecule has 0 spiro atoms. The molecule has 5 rings (SSSR count). The molecule has 200 valence electrons. The van der Waals surface area contributed by atoms with Crippen LogP contribution in [0, 0.1) is 24.0 Å². The summed E-state index contributed by atoms with van der Waals surface area (Å²) >= 11 is 1.20. The van der Waals surface area contributed by atoms with Gasteiger partial charge in [0.1, 0.15) is 22.4 Å². The molecule has 1 aliphatic carbocycles. The van der Waals surface area contributed by atoms with Crippen molar-refractivity contribution < 1.29 is 27.9 Å². The van der Waals surface area contributed by atoms with E-state index in [0.29, 0.717) is 39.2 Å². The van der Waals surface area contributed by atoms with Crippen LogP contribution in [-0.2, 0) is 9.59 Å². The van der Waals surface area contributed by atoms with E-state index in [4.69, 9.17) is 4.74 Å². The van der Waals surface area contributed by atoms with Crippen LogP contribution in [0.2, 0.25) is 0 Å². The Morgan fingerprint density at radius 2 is 1.62 bits per heavy atom. The first-order chi connectivity index (χ1) is 18.6. The summed E-state index contributed by atoms with van der Waals surface area (Å²) in [5.41, 5.74) is -0.151. The summed E-state index contributed by atoms with van der Waals surface area (Å²) in [5, 5.41) is 5.73. The molecule has 0 aliphatic heterocycles. The van der Waals surface area contributed by atoms with Gasteiger partial charge < -0.3 is 20.3 Å². The van der Waals surface area contributed by atoms with Gasteiger partial charge in [0.25, 0.3) is 5.91 Å². The maximum Gasteiger partial charge on any atom is 0.263 e. The Morgan fingerprint density at radius 1 is 0.974 bits per heavy atom. The van der Waals surface area contributed by atoms with Crippen molar-refractivity contribution in [3.63, 3.8) is 0 Å². The standard InChI is InChI=1S/C27H23F2N5O4S/c1-14-20-22(30-13-31-23(20)39-21(14)24(35)34(2)3)38-19-9-8-17(12-18(19)29)33-26(37)27(10-11-27)25(36)32-16-6-4-15(28)5-7-16/h4-9,12-13H,10-11H2,1-3H3,(H,32,36)(H,33,37). The topological polar surface area (TPSA) is 114 Å². The Kier molecular flexibility index (Phi) is 6.73. The van der Waals surface area contributed by atoms with Crippen molar-refractivity contribution in [3.8, 4) is 11.6 Å². The van der Waals surface area contributed by atoms with Gasteiger partial charge in [-0.15, -0.1) is 11.3 Å². The van der Waals surface area contributed by atoms with Crippen molar-refractivity contribution in [1.29, 1.82) is 0 Å². The van der Waals surface area contributed by atoms with Crippen molar-refractivity contribution >= 4 is 50.6 Å². The average Bonchev–Trinajstić information content (AvgIpc) is 3.65. The maximum atomic E-state index is 15.0. The zero-order valence-electron chi connectivity index (χ0n) is 21.2. The Bertz CT molecular complexity index is 1620. The lowest BCUT2D eigenvalue weighted by Crippen LogP contribution is -2.35. The number of nitrogens with zero attached hydrogens (tertiary/aromatic N) is 3. The van der Waals surface area contributed by atoms with Crippen LogP contribution >= 0.6 is 11.3 Å². The van der Waals surface area contributed by atoms with Gasteiger partial charge in [0.15, 0.2) is 11.6 Å². The molecule has 0 radical (unpaired) electrons. The van der Waals surface area contributed by atoms with Gasteiger partial charge in [0, 0.05) is 31.5 Å². The van der Waals surface area contributed by atoms with Crippen molar-refractivity contribution in [2.24, 2.45) is 5.41 Å². The molecule has 2 aromatic heterocycles. The number of anilines is 2. The van der Waals surface area contributed by atoms with Crippen molar-refractivity contribution in [2.45, 2.75) is 19.8 Å². The lowest BCUT2D eigenvalue weighted by molar-refractivity contribution is -0.131. The van der Waals surface area contributed by atoms with E-state index in [2.05, 4.69) is 20.6 Å². The second kappa shape index (κ2) is 10.0. The maximum absolute atomic E-state index is 15.0. The number of carbonyl (C=O) groups excluding carboxylic acids is 3. The molecule has 2 heterocycles. The second-order valence-electron chi connectivity index (χ2n) is 9.36. The molecular formula is C27H23F2N5O4S. The number of thiophene rings is 1. The smallest absolute Gasteiger partial charge is 0.263 e. The Hall–Kier alpha value is -4.45. The number of halogens is 2. The second-order valence-corrected chi connectivity index (χ2v) is 10.4. The molecule has 2 aromatic carbocycles. The minimum absolute atomic E-state index is 0.0941. The normalized spacial score (nSPS) is 13.6. The van der Waals surface area contributed by atoms with Crippen LogP contribution in [0.3, 0.4) is 0 Å². The third-order valence-corrected chi connectivity index (χ3v) is 7.60. The molecular weight excluding hydrogens is 528 g/mol. The number of carbonyl (C=O) groups is 3. The molecule has 9 nitrogen and oxygen atoms in total. The van der Waals surface area contributed by atoms with Crippen LogP contribution in [0.5, 0.6) is 11.6 Å². The van der Waals surface area contributed by atoms with Crippen LogP contribution in [0.25, 0.3) is 10.2 Å². The average molecular weight is 552 g/mol. The van der Waals surface area contributed by atoms with Crippen LogP contribution < -0.4 is 15.4 Å². The molecule has 39 heavy (non-hydrogen) atoms. The van der Waals surface area contributed by atoms with E-state index >= 15 is 4.39 Å². The van der Waals surface area contributed by atoms with Crippen LogP contribution in [-0.4, -0.2) is 46.7 Å². The van der Waals surface area contributed by atoms with Gasteiger partial charge in [-0.3, -0.25) is 14.4 Å². The van der Waals surface area contributed by atoms with E-state index in [0.717, 1.165) is 6.07 Å². The summed E-state index contributed by atoms with van der Waals surface area (Å²) in [4.78, 5) is 49.0. The number of amides is 3. The third-order valence-electron chi connectivity index (χ3n) is 6.41. The highest BCUT2D eigenvalue weighted by Gasteiger charge is 2.56. The zero-order valence-corrected chi connectivity index (χ0v) is 22.0. The minimum atomic E-state index is -1.29. The van der Waals surface area contributed by atoms with Gasteiger partial charge in [-0.05, 0) is 61.7 Å². The molecule has 0 atom stereocenters. The number of ether oxygens (including phenoxy) is 1. The summed E-state index contributed by atoms with van der Waals surface area (Å²) in [5.74, 6) is -2.53. The number of fused-ring (bicyclic) bond motifs is 1. The zero-order chi connectivity index (χ0) is 27.9. The number of nitrogens with one attached hydrogen (secondary N) is 2. The molecule has 1 aliphatic rings. The van der Waals surface area contributed by atoms with Gasteiger partial charge in [0.2, 0.25) is 17.7 Å². The first-order valence-corrected chi connectivity index (χ1v) is 12.7. The fourth-order valence-electron chi connectivity index (χ4n) is 4.01. The van der Waals surface area contributed by atoms with E-state index in [1.165, 1.54) is 59.0 Å². The number of aromatic nitrogens is 2. The highest BCUT2D eigenvalue weighted by molar-refractivity contribution is 7.20. The summed E-state index contributed by atoms with van der Waals surface area (Å²) in [6.45, 7) is 1.75. The molecule has 3 amide bonds. The lowest BCUT2D eigenvalue weighted by Gasteiger charge is -2.16. The Morgan fingerprint density at radius 3 is 2.23 bits per heavy atom. The third kappa shape index (κ3) is 5.02. The number of benzene rings is 2. The monoisotopic (exact) mass is 551 g/mol. The Balaban J connectivity index is 1.31. The van der Waals surface area contributed by atoms with Gasteiger partial charge >= 0.3 is 0 Å². The molecule has 4 aromatic rings. The quantitative estimate of drug-likeness (QED) is 0.308. The van der Waals surface area contributed by atoms with E-state index in [9.17, 15) is 18.8 Å². The van der Waals surface area contributed by atoms with Gasteiger partial charge in [-0.1, -0.05) is 0 Å². The molecule has 1 fully saturated rings. The fraction of sp³-hybridized carbons (Fsp3) is 0.222. The summed E-state index contributed by atoms with van der Waals surface area (Å²) < 4.78 is 33.9. The highest BCUT2D eigenvalue weighted by Crippen LogP contribution is 2.47. The van der Waals surface area contributed by atoms with E-state index < -0.39 is 28.9 Å². The predicted octanol–water partition coefficient (Wildman–Crippen LogP) is 5.13. The number of aryl methyl sites for hydroxylation is 1. The largest absolute Gasteiger partial charge is 0.435 e. The van der Waals surface area contributed by atoms with Crippen LogP contribution in [0.4, 0.5) is 20.2 Å². The molecule has 0 bridgehead atoms. The first-order valence-electron chi connectivity index (χ1n) is 11.9. The fourth-order valence-corrected chi connectivity index (χ4v) is 5.17. The first kappa shape index (κ1) is 26.2. The van der Waals surface area contributed by atoms with Crippen molar-refractivity contribution in [3.05, 3.63) is 70.9 Å². The van der Waals surface area contributed by atoms with E-state index in [1.54, 1.807) is 21.0 Å². The summed E-state index contributed by atoms with van der Waals surface area (Å²) in [6, 6.07) is 9.08. The molecule has 1 saturated carbocycles. The van der Waals surface area contributed by atoms with Gasteiger partial charge in [-0.2, -0.15) is 0 Å². The minimum Gasteiger partial charge on any atom is -0.435 e.